The number of nitrogens with zero attached hydrogens (tertiary/aromatic N) is 2. The van der Waals surface area contributed by atoms with Gasteiger partial charge in [-0.1, -0.05) is 0 Å². The Morgan fingerprint density at radius 2 is 2.22 bits per heavy atom. The van der Waals surface area contributed by atoms with E-state index >= 15 is 0 Å². The molecule has 0 aromatic carbocycles. The van der Waals surface area contributed by atoms with Crippen LogP contribution in [0, 0.1) is 19.8 Å². The first-order valence-electron chi connectivity index (χ1n) is 7.03. The molecular formula is C14H26N4. The van der Waals surface area contributed by atoms with Crippen molar-refractivity contribution in [2.24, 2.45) is 5.92 Å². The fraction of sp³-hybridized carbons (Fsp3) is 0.786. The summed E-state index contributed by atoms with van der Waals surface area (Å²) >= 11 is 0. The first kappa shape index (κ1) is 13.6. The SMILES string of the molecule is Cc1n[nH]c(C)c1CNC[C@@H]1CCN(C(C)C)C1. The van der Waals surface area contributed by atoms with Gasteiger partial charge in [0.05, 0.1) is 5.69 Å². The molecule has 4 nitrogen and oxygen atoms in total. The third-order valence-corrected chi connectivity index (χ3v) is 4.06. The second-order valence-corrected chi connectivity index (χ2v) is 5.79. The molecule has 1 aromatic heterocycles. The molecule has 0 spiro atoms. The average molecular weight is 250 g/mol. The molecule has 0 bridgehead atoms. The van der Waals surface area contributed by atoms with E-state index in [1.54, 1.807) is 0 Å². The fourth-order valence-corrected chi connectivity index (χ4v) is 2.73. The average Bonchev–Trinajstić information content (AvgIpc) is 2.90. The topological polar surface area (TPSA) is 44.0 Å². The van der Waals surface area contributed by atoms with E-state index in [1.165, 1.54) is 30.8 Å². The molecule has 1 saturated heterocycles. The number of likely N-dealkylation sites (tertiary alicyclic amines) is 1. The van der Waals surface area contributed by atoms with Gasteiger partial charge in [0.25, 0.3) is 0 Å². The number of aryl methyl sites for hydroxylation is 2. The quantitative estimate of drug-likeness (QED) is 0.838. The second kappa shape index (κ2) is 5.85. The second-order valence-electron chi connectivity index (χ2n) is 5.79. The summed E-state index contributed by atoms with van der Waals surface area (Å²) in [7, 11) is 0. The van der Waals surface area contributed by atoms with E-state index in [9.17, 15) is 0 Å². The molecule has 0 radical (unpaired) electrons. The predicted molar refractivity (Wildman–Crippen MR) is 74.6 cm³/mol. The number of aromatic nitrogens is 2. The summed E-state index contributed by atoms with van der Waals surface area (Å²) in [5.74, 6) is 0.805. The van der Waals surface area contributed by atoms with Crippen LogP contribution < -0.4 is 5.32 Å². The lowest BCUT2D eigenvalue weighted by Crippen LogP contribution is -2.30. The van der Waals surface area contributed by atoms with Crippen LogP contribution in [0.2, 0.25) is 0 Å². The maximum atomic E-state index is 4.23. The van der Waals surface area contributed by atoms with Crippen molar-refractivity contribution in [1.82, 2.24) is 20.4 Å². The van der Waals surface area contributed by atoms with Crippen LogP contribution in [0.5, 0.6) is 0 Å². The Hall–Kier alpha value is -0.870. The Balaban J connectivity index is 1.74. The molecule has 1 fully saturated rings. The standard InChI is InChI=1S/C14H26N4/c1-10(2)18-6-5-13(9-18)7-15-8-14-11(3)16-17-12(14)4/h10,13,15H,5-9H2,1-4H3,(H,16,17)/t13-/m0/s1. The van der Waals surface area contributed by atoms with Crippen LogP contribution in [0.3, 0.4) is 0 Å². The molecule has 0 saturated carbocycles. The summed E-state index contributed by atoms with van der Waals surface area (Å²) in [4.78, 5) is 2.57. The molecule has 1 aliphatic rings. The van der Waals surface area contributed by atoms with Gasteiger partial charge < -0.3 is 10.2 Å². The molecule has 0 amide bonds. The Kier molecular flexibility index (Phi) is 4.40. The fourth-order valence-electron chi connectivity index (χ4n) is 2.73. The van der Waals surface area contributed by atoms with Crippen LogP contribution in [0.15, 0.2) is 0 Å². The first-order valence-corrected chi connectivity index (χ1v) is 7.03. The van der Waals surface area contributed by atoms with Crippen LogP contribution in [-0.2, 0) is 6.54 Å². The summed E-state index contributed by atoms with van der Waals surface area (Å²) in [5.41, 5.74) is 3.64. The summed E-state index contributed by atoms with van der Waals surface area (Å²) in [6.07, 6.45) is 1.33. The number of aromatic amines is 1. The van der Waals surface area contributed by atoms with Gasteiger partial charge in [-0.3, -0.25) is 5.10 Å². The molecule has 2 rings (SSSR count). The zero-order chi connectivity index (χ0) is 13.1. The molecule has 2 heterocycles. The van der Waals surface area contributed by atoms with E-state index in [1.807, 2.05) is 0 Å². The van der Waals surface area contributed by atoms with Crippen LogP contribution in [-0.4, -0.2) is 40.8 Å². The largest absolute Gasteiger partial charge is 0.312 e. The van der Waals surface area contributed by atoms with Gasteiger partial charge in [0.1, 0.15) is 0 Å². The monoisotopic (exact) mass is 250 g/mol. The van der Waals surface area contributed by atoms with Gasteiger partial charge >= 0.3 is 0 Å². The predicted octanol–water partition coefficient (Wildman–Crippen LogP) is 1.85. The van der Waals surface area contributed by atoms with Crippen molar-refractivity contribution in [1.29, 1.82) is 0 Å². The summed E-state index contributed by atoms with van der Waals surface area (Å²) in [6, 6.07) is 0.688. The van der Waals surface area contributed by atoms with Crippen LogP contribution in [0.1, 0.15) is 37.2 Å². The summed E-state index contributed by atoms with van der Waals surface area (Å²) < 4.78 is 0. The molecule has 1 atom stereocenters. The van der Waals surface area contributed by atoms with E-state index in [0.717, 1.165) is 24.7 Å². The van der Waals surface area contributed by atoms with Crippen molar-refractivity contribution in [2.45, 2.75) is 46.7 Å². The smallest absolute Gasteiger partial charge is 0.0638 e. The lowest BCUT2D eigenvalue weighted by Gasteiger charge is -2.20. The highest BCUT2D eigenvalue weighted by Gasteiger charge is 2.23. The highest BCUT2D eigenvalue weighted by atomic mass is 15.2. The maximum Gasteiger partial charge on any atom is 0.0638 e. The van der Waals surface area contributed by atoms with Gasteiger partial charge in [0.2, 0.25) is 0 Å². The Morgan fingerprint density at radius 3 is 2.78 bits per heavy atom. The molecule has 0 aliphatic carbocycles. The van der Waals surface area contributed by atoms with Crippen molar-refractivity contribution in [3.63, 3.8) is 0 Å². The van der Waals surface area contributed by atoms with Gasteiger partial charge in [-0.15, -0.1) is 0 Å². The number of hydrogen-bond donors (Lipinski definition) is 2. The van der Waals surface area contributed by atoms with E-state index in [-0.39, 0.29) is 0 Å². The Bertz CT molecular complexity index is 364. The van der Waals surface area contributed by atoms with E-state index in [0.29, 0.717) is 6.04 Å². The van der Waals surface area contributed by atoms with Crippen molar-refractivity contribution < 1.29 is 0 Å². The summed E-state index contributed by atoms with van der Waals surface area (Å²) in [5, 5.41) is 10.9. The van der Waals surface area contributed by atoms with Crippen molar-refractivity contribution in [3.05, 3.63) is 17.0 Å². The van der Waals surface area contributed by atoms with Gasteiger partial charge in [-0.05, 0) is 53.1 Å². The minimum absolute atomic E-state index is 0.688. The van der Waals surface area contributed by atoms with E-state index in [2.05, 4.69) is 48.1 Å². The third-order valence-electron chi connectivity index (χ3n) is 4.06. The Labute approximate surface area is 110 Å². The van der Waals surface area contributed by atoms with Gasteiger partial charge in [-0.25, -0.2) is 0 Å². The minimum Gasteiger partial charge on any atom is -0.312 e. The number of H-pyrrole nitrogens is 1. The van der Waals surface area contributed by atoms with Gasteiger partial charge in [-0.2, -0.15) is 5.10 Å². The highest BCUT2D eigenvalue weighted by molar-refractivity contribution is 5.22. The maximum absolute atomic E-state index is 4.23. The number of hydrogen-bond acceptors (Lipinski definition) is 3. The molecule has 1 aliphatic heterocycles. The van der Waals surface area contributed by atoms with E-state index in [4.69, 9.17) is 0 Å². The zero-order valence-electron chi connectivity index (χ0n) is 12.1. The Morgan fingerprint density at radius 1 is 1.44 bits per heavy atom. The van der Waals surface area contributed by atoms with Crippen molar-refractivity contribution in [2.75, 3.05) is 19.6 Å². The molecule has 4 heteroatoms. The molecule has 0 unspecified atom stereocenters. The lowest BCUT2D eigenvalue weighted by molar-refractivity contribution is 0.264. The van der Waals surface area contributed by atoms with Crippen molar-refractivity contribution in [3.8, 4) is 0 Å². The van der Waals surface area contributed by atoms with Crippen molar-refractivity contribution >= 4 is 0 Å². The molecule has 18 heavy (non-hydrogen) atoms. The molecule has 1 aromatic rings. The number of nitrogens with one attached hydrogen (secondary N) is 2. The van der Waals surface area contributed by atoms with Crippen LogP contribution >= 0.6 is 0 Å². The van der Waals surface area contributed by atoms with Crippen LogP contribution in [0.25, 0.3) is 0 Å². The van der Waals surface area contributed by atoms with E-state index < -0.39 is 0 Å². The molecular weight excluding hydrogens is 224 g/mol. The van der Waals surface area contributed by atoms with Gasteiger partial charge in [0, 0.05) is 30.4 Å². The summed E-state index contributed by atoms with van der Waals surface area (Å²) in [6.45, 7) is 13.3. The van der Waals surface area contributed by atoms with Gasteiger partial charge in [0.15, 0.2) is 0 Å². The minimum atomic E-state index is 0.688. The zero-order valence-corrected chi connectivity index (χ0v) is 12.1. The third kappa shape index (κ3) is 3.12. The molecule has 2 N–H and O–H groups in total. The number of rotatable bonds is 5. The normalized spacial score (nSPS) is 21.1. The van der Waals surface area contributed by atoms with Crippen LogP contribution in [0.4, 0.5) is 0 Å². The lowest BCUT2D eigenvalue weighted by atomic mass is 10.1. The molecule has 102 valence electrons. The first-order chi connectivity index (χ1) is 8.58. The highest BCUT2D eigenvalue weighted by Crippen LogP contribution is 2.18.